The van der Waals surface area contributed by atoms with Gasteiger partial charge in [-0.1, -0.05) is 248 Å². The molecule has 3 heteroatoms. The van der Waals surface area contributed by atoms with Gasteiger partial charge in [0.05, 0.1) is 13.0 Å². The molecule has 0 aliphatic heterocycles. The average molecular weight is 856 g/mol. The Labute approximate surface area is 328 Å². The van der Waals surface area contributed by atoms with Crippen LogP contribution in [0.2, 0.25) is 0 Å². The van der Waals surface area contributed by atoms with Gasteiger partial charge in [0, 0.05) is 16.2 Å². The van der Waals surface area contributed by atoms with Crippen LogP contribution in [0.1, 0.15) is 33.4 Å². The van der Waals surface area contributed by atoms with Gasteiger partial charge < -0.3 is 0 Å². The Hall–Kier alpha value is -4.02. The standard InChI is InChI=1S/C48H39Br3/c1-4-43(37-25-13-7-14-26-37)44(5-2,38-27-15-8-16-28-38)46(49,40-31-19-10-20-32-40)48(51,42-35-23-12-24-36-42)47(50,41-33-21-11-22-34-41)45(43,6-3)39-29-17-9-18-30-39/h4-36H,1-3H2. The summed E-state index contributed by atoms with van der Waals surface area (Å²) >= 11 is 14.4. The first kappa shape index (κ1) is 35.4. The Morgan fingerprint density at radius 3 is 0.706 bits per heavy atom. The summed E-state index contributed by atoms with van der Waals surface area (Å²) in [6, 6.07) is 64.8. The molecular formula is C48H39Br3. The van der Waals surface area contributed by atoms with Gasteiger partial charge in [0.1, 0.15) is 0 Å². The maximum absolute atomic E-state index is 4.86. The summed E-state index contributed by atoms with van der Waals surface area (Å²) in [5.74, 6) is 0. The van der Waals surface area contributed by atoms with Gasteiger partial charge in [-0.05, 0) is 33.4 Å². The van der Waals surface area contributed by atoms with Crippen molar-refractivity contribution in [3.05, 3.63) is 253 Å². The van der Waals surface area contributed by atoms with Crippen molar-refractivity contribution in [3.8, 4) is 0 Å². The van der Waals surface area contributed by atoms with Crippen LogP contribution < -0.4 is 0 Å². The molecule has 51 heavy (non-hydrogen) atoms. The van der Waals surface area contributed by atoms with E-state index < -0.39 is 29.2 Å². The molecule has 0 heterocycles. The van der Waals surface area contributed by atoms with Gasteiger partial charge >= 0.3 is 0 Å². The molecule has 1 aliphatic rings. The van der Waals surface area contributed by atoms with Crippen LogP contribution in [0.5, 0.6) is 0 Å². The Morgan fingerprint density at radius 1 is 0.275 bits per heavy atom. The molecule has 0 spiro atoms. The van der Waals surface area contributed by atoms with Crippen LogP contribution in [0.3, 0.4) is 0 Å². The van der Waals surface area contributed by atoms with Crippen molar-refractivity contribution in [1.29, 1.82) is 0 Å². The van der Waals surface area contributed by atoms with E-state index in [1.165, 1.54) is 0 Å². The molecule has 1 aliphatic carbocycles. The molecular weight excluding hydrogens is 816 g/mol. The second-order valence-corrected chi connectivity index (χ2v) is 16.8. The van der Waals surface area contributed by atoms with Gasteiger partial charge in [0.2, 0.25) is 0 Å². The number of rotatable bonds is 9. The lowest BCUT2D eigenvalue weighted by molar-refractivity contribution is 0.0351. The quantitative estimate of drug-likeness (QED) is 0.100. The lowest BCUT2D eigenvalue weighted by atomic mass is 9.31. The molecule has 7 rings (SSSR count). The topological polar surface area (TPSA) is 0 Å². The molecule has 4 unspecified atom stereocenters. The molecule has 0 aromatic heterocycles. The van der Waals surface area contributed by atoms with Crippen molar-refractivity contribution < 1.29 is 0 Å². The van der Waals surface area contributed by atoms with Gasteiger partial charge in [-0.15, -0.1) is 19.7 Å². The van der Waals surface area contributed by atoms with Crippen molar-refractivity contribution in [3.63, 3.8) is 0 Å². The van der Waals surface area contributed by atoms with E-state index in [9.17, 15) is 0 Å². The van der Waals surface area contributed by atoms with Crippen molar-refractivity contribution in [1.82, 2.24) is 0 Å². The number of hydrogen-bond acceptors (Lipinski definition) is 0. The van der Waals surface area contributed by atoms with Crippen LogP contribution in [0.25, 0.3) is 0 Å². The minimum atomic E-state index is -0.997. The van der Waals surface area contributed by atoms with E-state index in [0.29, 0.717) is 0 Å². The van der Waals surface area contributed by atoms with E-state index >= 15 is 0 Å². The fraction of sp³-hybridized carbons (Fsp3) is 0.125. The van der Waals surface area contributed by atoms with E-state index in [1.54, 1.807) is 0 Å². The summed E-state index contributed by atoms with van der Waals surface area (Å²) in [6.07, 6.45) is 6.54. The number of benzene rings is 6. The Kier molecular flexibility index (Phi) is 9.37. The third kappa shape index (κ3) is 4.35. The molecule has 0 N–H and O–H groups in total. The van der Waals surface area contributed by atoms with E-state index in [2.05, 4.69) is 200 Å². The summed E-state index contributed by atoms with van der Waals surface area (Å²) in [4.78, 5) is 0. The highest BCUT2D eigenvalue weighted by Crippen LogP contribution is 2.85. The molecule has 1 saturated carbocycles. The third-order valence-electron chi connectivity index (χ3n) is 11.4. The number of allylic oxidation sites excluding steroid dienone is 3. The summed E-state index contributed by atoms with van der Waals surface area (Å²) in [6.45, 7) is 14.6. The van der Waals surface area contributed by atoms with Crippen LogP contribution in [0, 0.1) is 0 Å². The summed E-state index contributed by atoms with van der Waals surface area (Å²) < 4.78 is -2.99. The lowest BCUT2D eigenvalue weighted by Crippen LogP contribution is -2.82. The average Bonchev–Trinajstić information content (AvgIpc) is 3.22. The monoisotopic (exact) mass is 852 g/mol. The van der Waals surface area contributed by atoms with E-state index in [1.807, 2.05) is 0 Å². The number of halogens is 3. The Bertz CT molecular complexity index is 2030. The van der Waals surface area contributed by atoms with E-state index in [4.69, 9.17) is 67.5 Å². The van der Waals surface area contributed by atoms with Crippen LogP contribution >= 0.6 is 47.8 Å². The Morgan fingerprint density at radius 2 is 0.471 bits per heavy atom. The molecule has 6 aromatic carbocycles. The fourth-order valence-corrected chi connectivity index (χ4v) is 14.2. The van der Waals surface area contributed by atoms with Gasteiger partial charge in [-0.25, -0.2) is 0 Å². The second kappa shape index (κ2) is 13.5. The predicted octanol–water partition coefficient (Wildman–Crippen LogP) is 13.2. The largest absolute Gasteiger partial charge is 0.102 e. The van der Waals surface area contributed by atoms with Crippen LogP contribution in [0.15, 0.2) is 220 Å². The van der Waals surface area contributed by atoms with Gasteiger partial charge in [0.25, 0.3) is 0 Å². The van der Waals surface area contributed by atoms with Crippen molar-refractivity contribution in [2.75, 3.05) is 0 Å². The zero-order valence-electron chi connectivity index (χ0n) is 28.3. The minimum Gasteiger partial charge on any atom is -0.102 e. The first-order valence-corrected chi connectivity index (χ1v) is 19.5. The van der Waals surface area contributed by atoms with Gasteiger partial charge in [0.15, 0.2) is 0 Å². The lowest BCUT2D eigenvalue weighted by Gasteiger charge is -2.77. The highest BCUT2D eigenvalue weighted by atomic mass is 79.9. The smallest absolute Gasteiger partial charge is 0.0917 e. The second-order valence-electron chi connectivity index (χ2n) is 13.2. The third-order valence-corrected chi connectivity index (χ3v) is 17.5. The zero-order chi connectivity index (χ0) is 35.8. The maximum Gasteiger partial charge on any atom is 0.0917 e. The summed E-state index contributed by atoms with van der Waals surface area (Å²) in [5.41, 5.74) is 3.49. The summed E-state index contributed by atoms with van der Waals surface area (Å²) in [7, 11) is 0. The minimum absolute atomic E-state index is 0.985. The highest BCUT2D eigenvalue weighted by molar-refractivity contribution is 9.14. The molecule has 0 bridgehead atoms. The van der Waals surface area contributed by atoms with E-state index in [0.717, 1.165) is 33.4 Å². The van der Waals surface area contributed by atoms with Gasteiger partial charge in [-0.2, -0.15) is 0 Å². The van der Waals surface area contributed by atoms with Gasteiger partial charge in [-0.3, -0.25) is 0 Å². The highest BCUT2D eigenvalue weighted by Gasteiger charge is 2.86. The molecule has 6 aromatic rings. The predicted molar refractivity (Wildman–Crippen MR) is 226 cm³/mol. The maximum atomic E-state index is 4.86. The number of alkyl halides is 3. The van der Waals surface area contributed by atoms with Crippen LogP contribution in [-0.4, -0.2) is 0 Å². The van der Waals surface area contributed by atoms with Crippen molar-refractivity contribution in [2.24, 2.45) is 0 Å². The summed E-state index contributed by atoms with van der Waals surface area (Å²) in [5, 5.41) is 0. The molecule has 1 fully saturated rings. The first-order valence-electron chi connectivity index (χ1n) is 17.1. The normalized spacial score (nSPS) is 30.2. The first-order chi connectivity index (χ1) is 24.8. The number of hydrogen-bond donors (Lipinski definition) is 0. The molecule has 252 valence electrons. The SMILES string of the molecule is C=CC1(c2ccccc2)C(Br)(c2ccccc2)C(Br)(c2ccccc2)C(Br)(c2ccccc2)C(C=C)(c2ccccc2)C1(C=C)c1ccccc1. The molecule has 0 nitrogen and oxygen atoms in total. The molecule has 0 saturated heterocycles. The molecule has 0 amide bonds. The van der Waals surface area contributed by atoms with Crippen molar-refractivity contribution >= 4 is 47.8 Å². The Balaban J connectivity index is 1.91. The van der Waals surface area contributed by atoms with Crippen molar-refractivity contribution in [2.45, 2.75) is 29.2 Å². The molecule has 0 radical (unpaired) electrons. The van der Waals surface area contributed by atoms with Crippen LogP contribution in [-0.2, 0) is 29.2 Å². The molecule has 4 atom stereocenters. The fourth-order valence-electron chi connectivity index (χ4n) is 9.58. The van der Waals surface area contributed by atoms with Crippen LogP contribution in [0.4, 0.5) is 0 Å². The van der Waals surface area contributed by atoms with E-state index in [-0.39, 0.29) is 0 Å². The zero-order valence-corrected chi connectivity index (χ0v) is 33.1.